The molecule has 0 radical (unpaired) electrons. The van der Waals surface area contributed by atoms with E-state index in [2.05, 4.69) is 68.1 Å². The molecular weight excluding hydrogens is 316 g/mol. The van der Waals surface area contributed by atoms with Crippen molar-refractivity contribution in [3.63, 3.8) is 0 Å². The average Bonchev–Trinajstić information content (AvgIpc) is 2.77. The summed E-state index contributed by atoms with van der Waals surface area (Å²) in [7, 11) is 0. The standard InChI is InChI=1S/C24H36N2/c1-6-25-17-21-16-20(15-18(2)22-9-7-8-10-23(21)22)19-11-13-26(14-12-19)24(3,4)5/h6-10,17-20H,11-16H2,1-5H3/b21-17+,25-6?. The number of benzene rings is 1. The van der Waals surface area contributed by atoms with Crippen LogP contribution in [0.25, 0.3) is 5.57 Å². The van der Waals surface area contributed by atoms with Crippen molar-refractivity contribution in [2.24, 2.45) is 16.8 Å². The third kappa shape index (κ3) is 4.28. The van der Waals surface area contributed by atoms with Crippen molar-refractivity contribution >= 4 is 11.8 Å². The second-order valence-electron chi connectivity index (χ2n) is 9.25. The lowest BCUT2D eigenvalue weighted by Gasteiger charge is -2.43. The Morgan fingerprint density at radius 3 is 2.42 bits per heavy atom. The maximum atomic E-state index is 4.49. The van der Waals surface area contributed by atoms with Crippen LogP contribution in [0.4, 0.5) is 0 Å². The number of nitrogens with zero attached hydrogens (tertiary/aromatic N) is 2. The molecule has 0 spiro atoms. The van der Waals surface area contributed by atoms with Crippen LogP contribution in [0, 0.1) is 11.8 Å². The fraction of sp³-hybridized carbons (Fsp3) is 0.625. The van der Waals surface area contributed by atoms with E-state index in [-0.39, 0.29) is 0 Å². The zero-order valence-electron chi connectivity index (χ0n) is 17.3. The summed E-state index contributed by atoms with van der Waals surface area (Å²) >= 11 is 0. The smallest absolute Gasteiger partial charge is 0.0301 e. The molecule has 0 N–H and O–H groups in total. The number of likely N-dealkylation sites (tertiary alicyclic amines) is 1. The Bertz CT molecular complexity index is 657. The topological polar surface area (TPSA) is 15.6 Å². The van der Waals surface area contributed by atoms with Gasteiger partial charge >= 0.3 is 0 Å². The molecule has 0 saturated carbocycles. The van der Waals surface area contributed by atoms with Crippen LogP contribution in [0.3, 0.4) is 0 Å². The number of fused-ring (bicyclic) bond motifs is 1. The summed E-state index contributed by atoms with van der Waals surface area (Å²) in [5.74, 6) is 2.26. The average molecular weight is 353 g/mol. The molecule has 1 saturated heterocycles. The van der Waals surface area contributed by atoms with Gasteiger partial charge in [-0.25, -0.2) is 0 Å². The van der Waals surface area contributed by atoms with E-state index >= 15 is 0 Å². The van der Waals surface area contributed by atoms with E-state index < -0.39 is 0 Å². The minimum Gasteiger partial charge on any atom is -0.298 e. The minimum absolute atomic E-state index is 0.304. The minimum atomic E-state index is 0.304. The molecule has 1 fully saturated rings. The zero-order chi connectivity index (χ0) is 18.7. The van der Waals surface area contributed by atoms with Crippen molar-refractivity contribution in [2.75, 3.05) is 13.1 Å². The van der Waals surface area contributed by atoms with E-state index in [1.54, 1.807) is 0 Å². The summed E-state index contributed by atoms with van der Waals surface area (Å²) in [6.07, 6.45) is 9.20. The molecule has 2 atom stereocenters. The highest BCUT2D eigenvalue weighted by Gasteiger charge is 2.34. The van der Waals surface area contributed by atoms with Gasteiger partial charge in [0.15, 0.2) is 0 Å². The van der Waals surface area contributed by atoms with Gasteiger partial charge in [-0.3, -0.25) is 9.89 Å². The largest absolute Gasteiger partial charge is 0.298 e. The molecule has 1 aromatic carbocycles. The highest BCUT2D eigenvalue weighted by atomic mass is 15.2. The first-order valence-corrected chi connectivity index (χ1v) is 10.4. The molecule has 2 unspecified atom stereocenters. The van der Waals surface area contributed by atoms with E-state index in [1.165, 1.54) is 55.5 Å². The van der Waals surface area contributed by atoms with Crippen LogP contribution in [0.1, 0.15) is 77.3 Å². The van der Waals surface area contributed by atoms with Crippen molar-refractivity contribution in [3.8, 4) is 0 Å². The Morgan fingerprint density at radius 1 is 1.08 bits per heavy atom. The molecule has 0 bridgehead atoms. The third-order valence-corrected chi connectivity index (χ3v) is 6.51. The number of rotatable bonds is 2. The van der Waals surface area contributed by atoms with Crippen LogP contribution >= 0.6 is 0 Å². The van der Waals surface area contributed by atoms with Crippen LogP contribution < -0.4 is 0 Å². The molecule has 3 rings (SSSR count). The van der Waals surface area contributed by atoms with Crippen molar-refractivity contribution < 1.29 is 0 Å². The van der Waals surface area contributed by atoms with E-state index in [1.807, 2.05) is 13.1 Å². The quantitative estimate of drug-likeness (QED) is 0.461. The summed E-state index contributed by atoms with van der Waals surface area (Å²) in [5.41, 5.74) is 4.69. The van der Waals surface area contributed by atoms with Gasteiger partial charge in [-0.2, -0.15) is 0 Å². The molecule has 2 nitrogen and oxygen atoms in total. The second-order valence-corrected chi connectivity index (χ2v) is 9.25. The first-order valence-electron chi connectivity index (χ1n) is 10.4. The van der Waals surface area contributed by atoms with Gasteiger partial charge in [0.25, 0.3) is 0 Å². The van der Waals surface area contributed by atoms with Crippen LogP contribution in [0.2, 0.25) is 0 Å². The van der Waals surface area contributed by atoms with Gasteiger partial charge in [0.1, 0.15) is 0 Å². The van der Waals surface area contributed by atoms with E-state index in [4.69, 9.17) is 0 Å². The summed E-state index contributed by atoms with van der Waals surface area (Å²) in [6.45, 7) is 14.0. The first kappa shape index (κ1) is 19.4. The Hall–Kier alpha value is -1.41. The fourth-order valence-corrected chi connectivity index (χ4v) is 4.96. The summed E-state index contributed by atoms with van der Waals surface area (Å²) in [6, 6.07) is 9.00. The number of piperidine rings is 1. The fourth-order valence-electron chi connectivity index (χ4n) is 4.96. The molecule has 0 amide bonds. The van der Waals surface area contributed by atoms with Crippen molar-refractivity contribution in [1.29, 1.82) is 0 Å². The van der Waals surface area contributed by atoms with E-state index in [9.17, 15) is 0 Å². The summed E-state index contributed by atoms with van der Waals surface area (Å²) < 4.78 is 0. The molecule has 26 heavy (non-hydrogen) atoms. The van der Waals surface area contributed by atoms with Gasteiger partial charge < -0.3 is 0 Å². The number of allylic oxidation sites excluding steroid dienone is 1. The normalized spacial score (nSPS) is 27.7. The Labute approximate surface area is 160 Å². The van der Waals surface area contributed by atoms with Crippen LogP contribution in [-0.2, 0) is 0 Å². The van der Waals surface area contributed by atoms with Gasteiger partial charge in [0.2, 0.25) is 0 Å². The monoisotopic (exact) mass is 352 g/mol. The molecule has 1 aliphatic carbocycles. The predicted molar refractivity (Wildman–Crippen MR) is 114 cm³/mol. The second kappa shape index (κ2) is 8.08. The molecule has 142 valence electrons. The van der Waals surface area contributed by atoms with Crippen molar-refractivity contribution in [3.05, 3.63) is 41.6 Å². The number of hydrogen-bond acceptors (Lipinski definition) is 2. The molecule has 2 heteroatoms. The maximum Gasteiger partial charge on any atom is 0.0301 e. The SMILES string of the molecule is CC=N/C=C1\CC(C2CCN(C(C)(C)C)CC2)CC(C)c2ccccc21. The summed E-state index contributed by atoms with van der Waals surface area (Å²) in [4.78, 5) is 7.15. The van der Waals surface area contributed by atoms with Gasteiger partial charge in [-0.15, -0.1) is 0 Å². The highest BCUT2D eigenvalue weighted by molar-refractivity contribution is 5.71. The van der Waals surface area contributed by atoms with Gasteiger partial charge in [-0.05, 0) is 101 Å². The lowest BCUT2D eigenvalue weighted by molar-refractivity contribution is 0.0686. The Morgan fingerprint density at radius 2 is 1.77 bits per heavy atom. The molecule has 1 aromatic rings. The molecule has 1 heterocycles. The first-order chi connectivity index (χ1) is 12.4. The van der Waals surface area contributed by atoms with Crippen molar-refractivity contribution in [1.82, 2.24) is 4.90 Å². The molecular formula is C24H36N2. The van der Waals surface area contributed by atoms with E-state index in [0.717, 1.165) is 11.8 Å². The number of hydrogen-bond donors (Lipinski definition) is 0. The summed E-state index contributed by atoms with van der Waals surface area (Å²) in [5, 5.41) is 0. The third-order valence-electron chi connectivity index (χ3n) is 6.51. The zero-order valence-corrected chi connectivity index (χ0v) is 17.3. The Balaban J connectivity index is 1.81. The lowest BCUT2D eigenvalue weighted by Crippen LogP contribution is -2.47. The molecule has 0 aromatic heterocycles. The maximum absolute atomic E-state index is 4.49. The number of aliphatic imine (C=N–C) groups is 1. The predicted octanol–water partition coefficient (Wildman–Crippen LogP) is 6.14. The highest BCUT2D eigenvalue weighted by Crippen LogP contribution is 2.44. The van der Waals surface area contributed by atoms with Gasteiger partial charge in [-0.1, -0.05) is 31.2 Å². The van der Waals surface area contributed by atoms with Crippen LogP contribution in [-0.4, -0.2) is 29.7 Å². The lowest BCUT2D eigenvalue weighted by atomic mass is 9.77. The van der Waals surface area contributed by atoms with Gasteiger partial charge in [0.05, 0.1) is 0 Å². The van der Waals surface area contributed by atoms with Crippen molar-refractivity contribution in [2.45, 2.75) is 71.8 Å². The van der Waals surface area contributed by atoms with Crippen LogP contribution in [0.5, 0.6) is 0 Å². The molecule has 1 aliphatic heterocycles. The Kier molecular flexibility index (Phi) is 6.02. The van der Waals surface area contributed by atoms with Gasteiger partial charge in [0, 0.05) is 18.0 Å². The van der Waals surface area contributed by atoms with Crippen LogP contribution in [0.15, 0.2) is 35.5 Å². The molecule has 2 aliphatic rings. The van der Waals surface area contributed by atoms with E-state index in [0.29, 0.717) is 11.5 Å².